The van der Waals surface area contributed by atoms with Crippen LogP contribution in [-0.2, 0) is 19.6 Å². The zero-order valence-corrected chi connectivity index (χ0v) is 15.0. The molecule has 142 valence electrons. The van der Waals surface area contributed by atoms with E-state index in [1.165, 1.54) is 12.1 Å². The number of hydrogen-bond acceptors (Lipinski definition) is 4. The molecule has 2 heterocycles. The number of nitrogens with zero attached hydrogens (tertiary/aromatic N) is 1. The molecular weight excluding hydrogens is 363 g/mol. The molecule has 4 N–H and O–H groups in total. The first-order valence-corrected chi connectivity index (χ1v) is 10.0. The Hall–Kier alpha value is -2.04. The third-order valence-electron chi connectivity index (χ3n) is 4.62. The van der Waals surface area contributed by atoms with Crippen LogP contribution < -0.4 is 16.0 Å². The molecule has 0 radical (unpaired) electrons. The lowest BCUT2D eigenvalue weighted by molar-refractivity contribution is -0.664. The molecule has 0 aromatic heterocycles. The molecule has 0 saturated carbocycles. The van der Waals surface area contributed by atoms with E-state index in [4.69, 9.17) is 0 Å². The van der Waals surface area contributed by atoms with Crippen molar-refractivity contribution in [1.82, 2.24) is 14.9 Å². The van der Waals surface area contributed by atoms with E-state index in [0.717, 1.165) is 22.9 Å². The van der Waals surface area contributed by atoms with Crippen LogP contribution in [0.15, 0.2) is 29.2 Å². The monoisotopic (exact) mass is 385 g/mol. The Morgan fingerprint density at radius 2 is 2.04 bits per heavy atom. The summed E-state index contributed by atoms with van der Waals surface area (Å²) >= 11 is 0. The van der Waals surface area contributed by atoms with Gasteiger partial charge in [-0.25, -0.2) is 12.8 Å². The number of halogens is 1. The van der Waals surface area contributed by atoms with Crippen molar-refractivity contribution in [2.24, 2.45) is 0 Å². The number of quaternary nitrogens is 1. The van der Waals surface area contributed by atoms with E-state index in [1.807, 2.05) is 5.32 Å². The van der Waals surface area contributed by atoms with Gasteiger partial charge < -0.3 is 16.0 Å². The van der Waals surface area contributed by atoms with Crippen molar-refractivity contribution < 1.29 is 27.7 Å². The van der Waals surface area contributed by atoms with E-state index in [-0.39, 0.29) is 23.9 Å². The van der Waals surface area contributed by atoms with E-state index in [0.29, 0.717) is 19.5 Å². The fourth-order valence-corrected chi connectivity index (χ4v) is 4.83. The highest BCUT2D eigenvalue weighted by atomic mass is 32.2. The van der Waals surface area contributed by atoms with Gasteiger partial charge in [-0.3, -0.25) is 9.59 Å². The van der Waals surface area contributed by atoms with Crippen LogP contribution in [-0.4, -0.2) is 62.8 Å². The molecule has 2 saturated heterocycles. The lowest BCUT2D eigenvalue weighted by atomic mass is 10.1. The van der Waals surface area contributed by atoms with Crippen LogP contribution in [0.5, 0.6) is 0 Å². The van der Waals surface area contributed by atoms with Gasteiger partial charge in [0, 0.05) is 6.54 Å². The zero-order valence-electron chi connectivity index (χ0n) is 14.2. The van der Waals surface area contributed by atoms with E-state index >= 15 is 0 Å². The number of sulfonamides is 1. The Balaban J connectivity index is 1.79. The first-order chi connectivity index (χ1) is 12.4. The first kappa shape index (κ1) is 18.7. The SMILES string of the molecule is O=C1NCCC[C@@H]1NC(=O)[C@H]1C[NH2+]CCN1S(=O)(=O)c1ccc(F)cc1. The molecule has 10 heteroatoms. The molecule has 0 bridgehead atoms. The lowest BCUT2D eigenvalue weighted by Gasteiger charge is -2.33. The van der Waals surface area contributed by atoms with Crippen LogP contribution >= 0.6 is 0 Å². The van der Waals surface area contributed by atoms with Crippen LogP contribution in [0.25, 0.3) is 0 Å². The first-order valence-electron chi connectivity index (χ1n) is 8.57. The fourth-order valence-electron chi connectivity index (χ4n) is 3.21. The highest BCUT2D eigenvalue weighted by Gasteiger charge is 2.40. The quantitative estimate of drug-likeness (QED) is 0.565. The van der Waals surface area contributed by atoms with Crippen LogP contribution in [0.2, 0.25) is 0 Å². The average molecular weight is 385 g/mol. The largest absolute Gasteiger partial charge is 0.354 e. The second-order valence-corrected chi connectivity index (χ2v) is 8.28. The number of nitrogens with two attached hydrogens (primary N) is 1. The molecule has 26 heavy (non-hydrogen) atoms. The van der Waals surface area contributed by atoms with Gasteiger partial charge in [0.2, 0.25) is 21.8 Å². The van der Waals surface area contributed by atoms with Crippen molar-refractivity contribution in [3.8, 4) is 0 Å². The number of hydrogen-bond donors (Lipinski definition) is 3. The number of rotatable bonds is 4. The maximum atomic E-state index is 13.1. The van der Waals surface area contributed by atoms with Crippen LogP contribution in [0.3, 0.4) is 0 Å². The Morgan fingerprint density at radius 1 is 1.31 bits per heavy atom. The van der Waals surface area contributed by atoms with Crippen molar-refractivity contribution in [1.29, 1.82) is 0 Å². The molecule has 2 atom stereocenters. The molecule has 0 spiro atoms. The summed E-state index contributed by atoms with van der Waals surface area (Å²) in [5, 5.41) is 7.21. The summed E-state index contributed by atoms with van der Waals surface area (Å²) in [7, 11) is -3.94. The maximum absolute atomic E-state index is 13.1. The van der Waals surface area contributed by atoms with Gasteiger partial charge in [-0.2, -0.15) is 4.31 Å². The van der Waals surface area contributed by atoms with Crippen molar-refractivity contribution in [3.05, 3.63) is 30.1 Å². The molecule has 8 nitrogen and oxygen atoms in total. The van der Waals surface area contributed by atoms with Gasteiger partial charge in [0.1, 0.15) is 18.4 Å². The third kappa shape index (κ3) is 3.87. The summed E-state index contributed by atoms with van der Waals surface area (Å²) in [6, 6.07) is 2.95. The summed E-state index contributed by atoms with van der Waals surface area (Å²) in [6.45, 7) is 1.52. The Bertz CT molecular complexity index is 784. The van der Waals surface area contributed by atoms with Crippen molar-refractivity contribution in [2.75, 3.05) is 26.2 Å². The third-order valence-corrected chi connectivity index (χ3v) is 6.54. The van der Waals surface area contributed by atoms with Gasteiger partial charge in [-0.1, -0.05) is 0 Å². The molecule has 2 aliphatic rings. The predicted octanol–water partition coefficient (Wildman–Crippen LogP) is -1.84. The molecule has 0 unspecified atom stereocenters. The van der Waals surface area contributed by atoms with Gasteiger partial charge >= 0.3 is 0 Å². The molecule has 0 aliphatic carbocycles. The Morgan fingerprint density at radius 3 is 2.73 bits per heavy atom. The molecule has 2 amide bonds. The molecule has 3 rings (SSSR count). The van der Waals surface area contributed by atoms with Gasteiger partial charge in [-0.15, -0.1) is 0 Å². The number of carbonyl (C=O) groups is 2. The number of piperazine rings is 1. The molecule has 1 aromatic carbocycles. The average Bonchev–Trinajstić information content (AvgIpc) is 2.64. The summed E-state index contributed by atoms with van der Waals surface area (Å²) < 4.78 is 40.0. The van der Waals surface area contributed by atoms with Gasteiger partial charge in [-0.05, 0) is 37.1 Å². The smallest absolute Gasteiger partial charge is 0.244 e. The fraction of sp³-hybridized carbons (Fsp3) is 0.500. The van der Waals surface area contributed by atoms with E-state index in [9.17, 15) is 22.4 Å². The Kier molecular flexibility index (Phi) is 5.54. The summed E-state index contributed by atoms with van der Waals surface area (Å²) in [6.07, 6.45) is 1.28. The van der Waals surface area contributed by atoms with Gasteiger partial charge in [0.15, 0.2) is 6.04 Å². The molecular formula is C16H22FN4O4S+. The predicted molar refractivity (Wildman–Crippen MR) is 89.9 cm³/mol. The highest BCUT2D eigenvalue weighted by molar-refractivity contribution is 7.89. The Labute approximate surface area is 151 Å². The lowest BCUT2D eigenvalue weighted by Crippen LogP contribution is -2.93. The van der Waals surface area contributed by atoms with Crippen LogP contribution in [0.1, 0.15) is 12.8 Å². The van der Waals surface area contributed by atoms with Crippen LogP contribution in [0, 0.1) is 5.82 Å². The number of nitrogens with one attached hydrogen (secondary N) is 2. The number of piperidine rings is 1. The maximum Gasteiger partial charge on any atom is 0.244 e. The van der Waals surface area contributed by atoms with Crippen molar-refractivity contribution in [3.63, 3.8) is 0 Å². The van der Waals surface area contributed by atoms with E-state index in [1.54, 1.807) is 0 Å². The zero-order chi connectivity index (χ0) is 18.7. The minimum atomic E-state index is -3.94. The summed E-state index contributed by atoms with van der Waals surface area (Å²) in [5.74, 6) is -1.28. The topological polar surface area (TPSA) is 112 Å². The second-order valence-electron chi connectivity index (χ2n) is 6.39. The van der Waals surface area contributed by atoms with Crippen molar-refractivity contribution >= 4 is 21.8 Å². The number of benzene rings is 1. The second kappa shape index (κ2) is 7.68. The number of carbonyl (C=O) groups excluding carboxylic acids is 2. The molecule has 1 aromatic rings. The summed E-state index contributed by atoms with van der Waals surface area (Å²) in [5.41, 5.74) is 0. The minimum Gasteiger partial charge on any atom is -0.354 e. The van der Waals surface area contributed by atoms with E-state index < -0.39 is 33.8 Å². The molecule has 2 fully saturated rings. The number of amides is 2. The van der Waals surface area contributed by atoms with Crippen LogP contribution in [0.4, 0.5) is 4.39 Å². The minimum absolute atomic E-state index is 0.0611. The van der Waals surface area contributed by atoms with Gasteiger partial charge in [0.05, 0.1) is 18.0 Å². The summed E-state index contributed by atoms with van der Waals surface area (Å²) in [4.78, 5) is 24.5. The van der Waals surface area contributed by atoms with Crippen molar-refractivity contribution in [2.45, 2.75) is 29.8 Å². The molecule has 2 aliphatic heterocycles. The van der Waals surface area contributed by atoms with E-state index in [2.05, 4.69) is 10.6 Å². The highest BCUT2D eigenvalue weighted by Crippen LogP contribution is 2.19. The van der Waals surface area contributed by atoms with Gasteiger partial charge in [0.25, 0.3) is 0 Å². The normalized spacial score (nSPS) is 24.7. The standard InChI is InChI=1S/C16H21FN4O4S/c17-11-3-5-12(6-4-11)26(24,25)21-9-8-18-10-14(21)16(23)20-13-2-1-7-19-15(13)22/h3-6,13-14,18H,1-2,7-10H2,(H,19,22)(H,20,23)/p+1/t13-,14+/m0/s1.